The lowest BCUT2D eigenvalue weighted by molar-refractivity contribution is 0.242. The molecule has 1 N–H and O–H groups in total. The van der Waals surface area contributed by atoms with Gasteiger partial charge in [-0.25, -0.2) is 8.42 Å². The maximum Gasteiger partial charge on any atom is 0.261 e. The van der Waals surface area contributed by atoms with E-state index in [1.807, 2.05) is 13.8 Å². The Bertz CT molecular complexity index is 764. The number of anilines is 1. The Labute approximate surface area is 136 Å². The number of aromatic nitrogens is 1. The first-order valence-corrected chi connectivity index (χ1v) is 8.56. The molecule has 22 heavy (non-hydrogen) atoms. The van der Waals surface area contributed by atoms with Gasteiger partial charge in [0, 0.05) is 11.8 Å². The Kier molecular flexibility index (Phi) is 4.98. The predicted octanol–water partition coefficient (Wildman–Crippen LogP) is 1.58. The van der Waals surface area contributed by atoms with Crippen molar-refractivity contribution >= 4 is 40.8 Å². The van der Waals surface area contributed by atoms with Gasteiger partial charge in [-0.15, -0.1) is 0 Å². The zero-order valence-electron chi connectivity index (χ0n) is 12.5. The highest BCUT2D eigenvalue weighted by Crippen LogP contribution is 2.20. The standard InChI is InChI=1S/C14H16BClN2O3S/c1-9(2)21-11-3-5-12(6-4-11)22(19,20)18-13-7-10(16)8-17-14(13)15/h3-9,18H,15H2,1-2H3. The lowest BCUT2D eigenvalue weighted by Crippen LogP contribution is -2.21. The molecule has 2 rings (SSSR count). The van der Waals surface area contributed by atoms with Gasteiger partial charge in [0.1, 0.15) is 5.75 Å². The fraction of sp³-hybridized carbons (Fsp3) is 0.214. The topological polar surface area (TPSA) is 68.3 Å². The van der Waals surface area contributed by atoms with Crippen molar-refractivity contribution in [2.45, 2.75) is 24.8 Å². The van der Waals surface area contributed by atoms with Gasteiger partial charge in [0.15, 0.2) is 7.85 Å². The van der Waals surface area contributed by atoms with Gasteiger partial charge in [-0.1, -0.05) is 11.6 Å². The van der Waals surface area contributed by atoms with Crippen LogP contribution in [0.4, 0.5) is 5.69 Å². The molecule has 0 aliphatic heterocycles. The summed E-state index contributed by atoms with van der Waals surface area (Å²) in [7, 11) is -2.00. The maximum atomic E-state index is 12.4. The third-order valence-electron chi connectivity index (χ3n) is 2.80. The Hall–Kier alpha value is -1.73. The van der Waals surface area contributed by atoms with Crippen LogP contribution in [0.25, 0.3) is 0 Å². The van der Waals surface area contributed by atoms with Gasteiger partial charge in [-0.05, 0) is 44.2 Å². The first kappa shape index (κ1) is 16.6. The average molecular weight is 339 g/mol. The smallest absolute Gasteiger partial charge is 0.261 e. The number of hydrogen-bond acceptors (Lipinski definition) is 4. The fourth-order valence-corrected chi connectivity index (χ4v) is 3.05. The molecule has 0 radical (unpaired) electrons. The highest BCUT2D eigenvalue weighted by atomic mass is 35.5. The Morgan fingerprint density at radius 3 is 2.50 bits per heavy atom. The number of halogens is 1. The van der Waals surface area contributed by atoms with Gasteiger partial charge in [0.05, 0.1) is 21.7 Å². The van der Waals surface area contributed by atoms with Crippen LogP contribution in [-0.4, -0.2) is 27.4 Å². The normalized spacial score (nSPS) is 11.5. The van der Waals surface area contributed by atoms with Gasteiger partial charge < -0.3 is 4.74 Å². The van der Waals surface area contributed by atoms with Crippen molar-refractivity contribution in [1.29, 1.82) is 0 Å². The SMILES string of the molecule is Bc1ncc(Cl)cc1NS(=O)(=O)c1ccc(OC(C)C)cc1. The molecule has 0 aliphatic rings. The molecule has 1 aromatic heterocycles. The third kappa shape index (κ3) is 4.14. The molecule has 0 atom stereocenters. The van der Waals surface area contributed by atoms with Crippen LogP contribution in [0.5, 0.6) is 5.75 Å². The van der Waals surface area contributed by atoms with Gasteiger partial charge in [0.25, 0.3) is 10.0 Å². The molecule has 0 saturated carbocycles. The quantitative estimate of drug-likeness (QED) is 0.841. The van der Waals surface area contributed by atoms with E-state index in [1.54, 1.807) is 20.0 Å². The number of benzene rings is 1. The zero-order chi connectivity index (χ0) is 16.3. The molecule has 0 saturated heterocycles. The fourth-order valence-electron chi connectivity index (χ4n) is 1.78. The molecule has 5 nitrogen and oxygen atoms in total. The molecule has 8 heteroatoms. The van der Waals surface area contributed by atoms with Crippen molar-refractivity contribution in [3.05, 3.63) is 41.6 Å². The summed E-state index contributed by atoms with van der Waals surface area (Å²) in [6.45, 7) is 3.81. The van der Waals surface area contributed by atoms with Crippen LogP contribution in [0.3, 0.4) is 0 Å². The number of sulfonamides is 1. The van der Waals surface area contributed by atoms with E-state index < -0.39 is 10.0 Å². The Morgan fingerprint density at radius 2 is 1.91 bits per heavy atom. The summed E-state index contributed by atoms with van der Waals surface area (Å²) >= 11 is 5.85. The van der Waals surface area contributed by atoms with Crippen LogP contribution in [0, 0.1) is 0 Å². The van der Waals surface area contributed by atoms with Crippen LogP contribution in [0.1, 0.15) is 13.8 Å². The van der Waals surface area contributed by atoms with Crippen LogP contribution in [0.2, 0.25) is 5.02 Å². The molecular weight excluding hydrogens is 322 g/mol. The lowest BCUT2D eigenvalue weighted by Gasteiger charge is -2.12. The summed E-state index contributed by atoms with van der Waals surface area (Å²) in [4.78, 5) is 4.17. The van der Waals surface area contributed by atoms with E-state index in [-0.39, 0.29) is 11.0 Å². The van der Waals surface area contributed by atoms with Gasteiger partial charge in [-0.2, -0.15) is 0 Å². The number of nitrogens with one attached hydrogen (secondary N) is 1. The van der Waals surface area contributed by atoms with Gasteiger partial charge in [0.2, 0.25) is 0 Å². The molecule has 1 aromatic carbocycles. The molecule has 116 valence electrons. The zero-order valence-corrected chi connectivity index (χ0v) is 14.1. The Morgan fingerprint density at radius 1 is 1.27 bits per heavy atom. The number of rotatable bonds is 5. The first-order chi connectivity index (χ1) is 10.3. The number of ether oxygens (including phenoxy) is 1. The van der Waals surface area contributed by atoms with Crippen LogP contribution in [0.15, 0.2) is 41.4 Å². The van der Waals surface area contributed by atoms with Crippen LogP contribution >= 0.6 is 11.6 Å². The molecule has 0 spiro atoms. The van der Waals surface area contributed by atoms with E-state index in [2.05, 4.69) is 9.71 Å². The molecule has 0 aliphatic carbocycles. The Balaban J connectivity index is 2.25. The van der Waals surface area contributed by atoms with Gasteiger partial charge in [-0.3, -0.25) is 9.71 Å². The molecule has 0 amide bonds. The van der Waals surface area contributed by atoms with E-state index in [4.69, 9.17) is 16.3 Å². The summed E-state index contributed by atoms with van der Waals surface area (Å²) in [5.41, 5.74) is 0.905. The third-order valence-corrected chi connectivity index (χ3v) is 4.39. The van der Waals surface area contributed by atoms with Crippen molar-refractivity contribution in [2.24, 2.45) is 0 Å². The van der Waals surface area contributed by atoms with E-state index in [9.17, 15) is 8.42 Å². The monoisotopic (exact) mass is 338 g/mol. The van der Waals surface area contributed by atoms with Crippen molar-refractivity contribution < 1.29 is 13.2 Å². The second-order valence-electron chi connectivity index (χ2n) is 5.03. The molecule has 1 heterocycles. The number of nitrogens with zero attached hydrogens (tertiary/aromatic N) is 1. The predicted molar refractivity (Wildman–Crippen MR) is 90.4 cm³/mol. The van der Waals surface area contributed by atoms with Gasteiger partial charge >= 0.3 is 0 Å². The minimum Gasteiger partial charge on any atom is -0.491 e. The highest BCUT2D eigenvalue weighted by Gasteiger charge is 2.16. The van der Waals surface area contributed by atoms with E-state index in [1.165, 1.54) is 24.4 Å². The minimum absolute atomic E-state index is 0.0285. The second-order valence-corrected chi connectivity index (χ2v) is 7.15. The molecular formula is C14H16BClN2O3S. The highest BCUT2D eigenvalue weighted by molar-refractivity contribution is 7.92. The molecule has 0 bridgehead atoms. The van der Waals surface area contributed by atoms with E-state index in [0.29, 0.717) is 22.1 Å². The summed E-state index contributed by atoms with van der Waals surface area (Å²) < 4.78 is 32.7. The van der Waals surface area contributed by atoms with E-state index >= 15 is 0 Å². The van der Waals surface area contributed by atoms with E-state index in [0.717, 1.165) is 0 Å². The summed E-state index contributed by atoms with van der Waals surface area (Å²) in [6, 6.07) is 7.76. The second kappa shape index (κ2) is 6.58. The molecule has 2 aromatic rings. The lowest BCUT2D eigenvalue weighted by atomic mass is 10.0. The molecule has 0 unspecified atom stereocenters. The first-order valence-electron chi connectivity index (χ1n) is 6.69. The minimum atomic E-state index is -3.70. The average Bonchev–Trinajstić information content (AvgIpc) is 2.42. The largest absolute Gasteiger partial charge is 0.491 e. The van der Waals surface area contributed by atoms with Crippen LogP contribution < -0.4 is 15.1 Å². The van der Waals surface area contributed by atoms with Crippen LogP contribution in [-0.2, 0) is 10.0 Å². The summed E-state index contributed by atoms with van der Waals surface area (Å²) in [5.74, 6) is 0.620. The van der Waals surface area contributed by atoms with Crippen molar-refractivity contribution in [3.63, 3.8) is 0 Å². The summed E-state index contributed by atoms with van der Waals surface area (Å²) in [5, 5.41) is 0.365. The van der Waals surface area contributed by atoms with Crippen molar-refractivity contribution in [2.75, 3.05) is 4.72 Å². The maximum absolute atomic E-state index is 12.4. The number of hydrogen-bond donors (Lipinski definition) is 1. The van der Waals surface area contributed by atoms with Crippen molar-refractivity contribution in [1.82, 2.24) is 4.98 Å². The number of pyridine rings is 1. The van der Waals surface area contributed by atoms with Crippen molar-refractivity contribution in [3.8, 4) is 5.75 Å². The summed E-state index contributed by atoms with van der Waals surface area (Å²) in [6.07, 6.45) is 1.49. The molecule has 0 fully saturated rings.